The zero-order valence-corrected chi connectivity index (χ0v) is 14.6. The maximum absolute atomic E-state index is 11.4. The topological polar surface area (TPSA) is 58.9 Å². The van der Waals surface area contributed by atoms with Crippen LogP contribution in [-0.2, 0) is 21.0 Å². The summed E-state index contributed by atoms with van der Waals surface area (Å²) in [7, 11) is 0. The Bertz CT molecular complexity index is 698. The van der Waals surface area contributed by atoms with E-state index in [1.807, 2.05) is 74.5 Å². The van der Waals surface area contributed by atoms with Gasteiger partial charge in [0.2, 0.25) is 0 Å². The molecule has 0 aromatic heterocycles. The molecule has 0 spiro atoms. The lowest BCUT2D eigenvalue weighted by molar-refractivity contribution is -0.430. The summed E-state index contributed by atoms with van der Waals surface area (Å²) in [6.07, 6.45) is 0.580. The molecular formula is C21H24O4. The van der Waals surface area contributed by atoms with Crippen LogP contribution in [0.2, 0.25) is 0 Å². The summed E-state index contributed by atoms with van der Waals surface area (Å²) < 4.78 is 12.1. The third-order valence-corrected chi connectivity index (χ3v) is 5.95. The second-order valence-corrected chi connectivity index (χ2v) is 7.90. The van der Waals surface area contributed by atoms with Crippen molar-refractivity contribution < 1.29 is 19.7 Å². The lowest BCUT2D eigenvalue weighted by atomic mass is 9.59. The van der Waals surface area contributed by atoms with Crippen molar-refractivity contribution in [3.8, 4) is 0 Å². The van der Waals surface area contributed by atoms with E-state index in [0.717, 1.165) is 0 Å². The van der Waals surface area contributed by atoms with Gasteiger partial charge in [-0.3, -0.25) is 0 Å². The molecule has 2 N–H and O–H groups in total. The van der Waals surface area contributed by atoms with Crippen molar-refractivity contribution in [2.75, 3.05) is 13.2 Å². The molecule has 25 heavy (non-hydrogen) atoms. The second-order valence-electron chi connectivity index (χ2n) is 7.90. The second kappa shape index (κ2) is 5.39. The highest BCUT2D eigenvalue weighted by atomic mass is 16.7. The minimum absolute atomic E-state index is 0.194. The summed E-state index contributed by atoms with van der Waals surface area (Å²) in [5.74, 6) is -2.88. The van der Waals surface area contributed by atoms with Gasteiger partial charge in [-0.15, -0.1) is 0 Å². The molecule has 4 rings (SSSR count). The molecular weight excluding hydrogens is 316 g/mol. The fourth-order valence-corrected chi connectivity index (χ4v) is 4.47. The van der Waals surface area contributed by atoms with E-state index in [2.05, 4.69) is 0 Å². The van der Waals surface area contributed by atoms with Gasteiger partial charge >= 0.3 is 0 Å². The molecule has 0 radical (unpaired) electrons. The Kier molecular flexibility index (Phi) is 3.61. The van der Waals surface area contributed by atoms with Crippen LogP contribution < -0.4 is 0 Å². The Balaban J connectivity index is 1.74. The van der Waals surface area contributed by atoms with E-state index in [1.54, 1.807) is 0 Å². The molecule has 4 nitrogen and oxygen atoms in total. The minimum atomic E-state index is -1.44. The van der Waals surface area contributed by atoms with Crippen molar-refractivity contribution in [3.05, 3.63) is 71.8 Å². The number of rotatable bonds is 2. The van der Waals surface area contributed by atoms with Crippen molar-refractivity contribution in [2.45, 2.75) is 31.8 Å². The maximum Gasteiger partial charge on any atom is 0.200 e. The zero-order valence-electron chi connectivity index (χ0n) is 14.6. The van der Waals surface area contributed by atoms with Crippen molar-refractivity contribution in [1.82, 2.24) is 0 Å². The van der Waals surface area contributed by atoms with Gasteiger partial charge < -0.3 is 19.7 Å². The highest BCUT2D eigenvalue weighted by molar-refractivity contribution is 5.28. The van der Waals surface area contributed by atoms with E-state index in [4.69, 9.17) is 9.47 Å². The number of aliphatic hydroxyl groups is 2. The summed E-state index contributed by atoms with van der Waals surface area (Å²) in [5, 5.41) is 22.8. The fourth-order valence-electron chi connectivity index (χ4n) is 4.47. The smallest absolute Gasteiger partial charge is 0.200 e. The third-order valence-electron chi connectivity index (χ3n) is 5.95. The van der Waals surface area contributed by atoms with E-state index in [0.29, 0.717) is 17.5 Å². The Morgan fingerprint density at radius 2 is 1.04 bits per heavy atom. The summed E-state index contributed by atoms with van der Waals surface area (Å²) in [4.78, 5) is 0. The van der Waals surface area contributed by atoms with Crippen LogP contribution in [0.1, 0.15) is 31.4 Å². The van der Waals surface area contributed by atoms with E-state index in [1.165, 1.54) is 0 Å². The Hall–Kier alpha value is -1.72. The summed E-state index contributed by atoms with van der Waals surface area (Å²) >= 11 is 0. The molecule has 2 aromatic carbocycles. The SMILES string of the molecule is CC12COC(O)(c3ccccc3)[C@@](C)(COC1(O)c1ccccc1)C2. The molecule has 4 heteroatoms. The lowest BCUT2D eigenvalue weighted by Crippen LogP contribution is -2.67. The minimum Gasteiger partial charge on any atom is -0.361 e. The highest BCUT2D eigenvalue weighted by Gasteiger charge is 2.67. The van der Waals surface area contributed by atoms with Crippen LogP contribution in [0.5, 0.6) is 0 Å². The standard InChI is InChI=1S/C21H24O4/c1-18-13-19(2,15-25-20(18,22)16-9-5-3-6-10-16)21(23,24-14-18)17-11-7-4-8-12-17/h3-12,22-23H,13-15H2,1-2H3/t18-,19?,20?,21?/m1/s1. The van der Waals surface area contributed by atoms with Crippen molar-refractivity contribution in [2.24, 2.45) is 10.8 Å². The number of benzene rings is 2. The van der Waals surface area contributed by atoms with Crippen LogP contribution in [0.25, 0.3) is 0 Å². The molecule has 2 heterocycles. The quantitative estimate of drug-likeness (QED) is 0.882. The summed E-state index contributed by atoms with van der Waals surface area (Å²) in [6.45, 7) is 4.31. The van der Waals surface area contributed by atoms with Gasteiger partial charge in [-0.05, 0) is 6.42 Å². The van der Waals surface area contributed by atoms with Crippen LogP contribution in [0.4, 0.5) is 0 Å². The fraction of sp³-hybridized carbons (Fsp3) is 0.429. The van der Waals surface area contributed by atoms with Gasteiger partial charge in [0.1, 0.15) is 0 Å². The predicted molar refractivity (Wildman–Crippen MR) is 93.4 cm³/mol. The van der Waals surface area contributed by atoms with Crippen molar-refractivity contribution in [1.29, 1.82) is 0 Å². The first kappa shape index (κ1) is 16.7. The first-order chi connectivity index (χ1) is 11.8. The van der Waals surface area contributed by atoms with E-state index in [-0.39, 0.29) is 13.2 Å². The zero-order chi connectivity index (χ0) is 17.8. The van der Waals surface area contributed by atoms with Gasteiger partial charge in [0.05, 0.1) is 24.0 Å². The largest absolute Gasteiger partial charge is 0.361 e. The third kappa shape index (κ3) is 2.22. The number of ether oxygens (including phenoxy) is 2. The number of hydrogen-bond donors (Lipinski definition) is 2. The lowest BCUT2D eigenvalue weighted by Gasteiger charge is -2.61. The van der Waals surface area contributed by atoms with Gasteiger partial charge in [-0.1, -0.05) is 74.5 Å². The van der Waals surface area contributed by atoms with Crippen LogP contribution >= 0.6 is 0 Å². The van der Waals surface area contributed by atoms with Crippen LogP contribution in [0, 0.1) is 10.8 Å². The molecule has 2 aromatic rings. The van der Waals surface area contributed by atoms with Crippen molar-refractivity contribution >= 4 is 0 Å². The van der Waals surface area contributed by atoms with E-state index >= 15 is 0 Å². The molecule has 0 saturated carbocycles. The normalized spacial score (nSPS) is 40.6. The van der Waals surface area contributed by atoms with Crippen LogP contribution in [0.15, 0.2) is 60.7 Å². The first-order valence-electron chi connectivity index (χ1n) is 8.67. The Morgan fingerprint density at radius 1 is 0.680 bits per heavy atom. The first-order valence-corrected chi connectivity index (χ1v) is 8.67. The molecule has 2 fully saturated rings. The van der Waals surface area contributed by atoms with Gasteiger partial charge in [0, 0.05) is 11.1 Å². The number of hydrogen-bond acceptors (Lipinski definition) is 4. The van der Waals surface area contributed by atoms with Crippen molar-refractivity contribution in [3.63, 3.8) is 0 Å². The molecule has 2 aliphatic heterocycles. The van der Waals surface area contributed by atoms with Crippen LogP contribution in [-0.4, -0.2) is 23.4 Å². The van der Waals surface area contributed by atoms with Crippen LogP contribution in [0.3, 0.4) is 0 Å². The van der Waals surface area contributed by atoms with E-state index in [9.17, 15) is 10.2 Å². The molecule has 3 unspecified atom stereocenters. The van der Waals surface area contributed by atoms with E-state index < -0.39 is 22.4 Å². The number of fused-ring (bicyclic) bond motifs is 2. The Morgan fingerprint density at radius 3 is 1.40 bits per heavy atom. The maximum atomic E-state index is 11.4. The average Bonchev–Trinajstić information content (AvgIpc) is 2.64. The molecule has 2 saturated heterocycles. The predicted octanol–water partition coefficient (Wildman–Crippen LogP) is 3.14. The molecule has 2 aliphatic rings. The van der Waals surface area contributed by atoms with Gasteiger partial charge in [-0.2, -0.15) is 0 Å². The monoisotopic (exact) mass is 340 g/mol. The Labute approximate surface area is 148 Å². The van der Waals surface area contributed by atoms with Gasteiger partial charge in [0.25, 0.3) is 0 Å². The van der Waals surface area contributed by atoms with Gasteiger partial charge in [-0.25, -0.2) is 0 Å². The molecule has 0 aliphatic carbocycles. The molecule has 4 atom stereocenters. The summed E-state index contributed by atoms with van der Waals surface area (Å²) in [5.41, 5.74) is 0.103. The summed E-state index contributed by atoms with van der Waals surface area (Å²) in [6, 6.07) is 18.8. The molecule has 2 bridgehead atoms. The van der Waals surface area contributed by atoms with Gasteiger partial charge in [0.15, 0.2) is 11.6 Å². The highest BCUT2D eigenvalue weighted by Crippen LogP contribution is 2.61. The molecule has 0 amide bonds. The average molecular weight is 340 g/mol. The molecule has 132 valence electrons.